The fourth-order valence-electron chi connectivity index (χ4n) is 7.85. The van der Waals surface area contributed by atoms with Gasteiger partial charge in [-0.2, -0.15) is 0 Å². The summed E-state index contributed by atoms with van der Waals surface area (Å²) in [6.45, 7) is 4.82. The molecule has 0 heterocycles. The van der Waals surface area contributed by atoms with E-state index in [9.17, 15) is 9.90 Å². The molecule has 4 fully saturated rings. The number of allylic oxidation sites excluding steroid dienone is 1. The molecule has 120 valence electrons. The van der Waals surface area contributed by atoms with Gasteiger partial charge in [0.25, 0.3) is 0 Å². The zero-order valence-electron chi connectivity index (χ0n) is 13.8. The molecule has 1 N–H and O–H groups in total. The number of hydrogen-bond donors (Lipinski definition) is 1. The minimum absolute atomic E-state index is 0.0655. The van der Waals surface area contributed by atoms with Gasteiger partial charge in [0.15, 0.2) is 5.78 Å². The Morgan fingerprint density at radius 2 is 2.14 bits per heavy atom. The fraction of sp³-hybridized carbons (Fsp3) is 0.850. The van der Waals surface area contributed by atoms with E-state index < -0.39 is 0 Å². The van der Waals surface area contributed by atoms with Gasteiger partial charge in [-0.25, -0.2) is 0 Å². The van der Waals surface area contributed by atoms with E-state index >= 15 is 0 Å². The average Bonchev–Trinajstić information content (AvgIpc) is 3.11. The number of aliphatic hydroxyl groups is 1. The molecule has 0 aromatic carbocycles. The Kier molecular flexibility index (Phi) is 2.54. The van der Waals surface area contributed by atoms with Crippen molar-refractivity contribution in [3.8, 4) is 0 Å². The third-order valence-electron chi connectivity index (χ3n) is 8.72. The first-order valence-corrected chi connectivity index (χ1v) is 9.39. The van der Waals surface area contributed by atoms with E-state index in [4.69, 9.17) is 0 Å². The van der Waals surface area contributed by atoms with Gasteiger partial charge in [0, 0.05) is 6.42 Å². The molecule has 0 bridgehead atoms. The molecule has 0 radical (unpaired) electrons. The maximum absolute atomic E-state index is 11.8. The standard InChI is InChI=1S/C20H28O2/c1-11-7-12-8-14(21)3-4-15(12)16-5-6-19(2)17(22)9-13-10-20(13,19)18(11)16/h8,11,13,15-18,22H,3-7,9-10H2,1-2H3/t11-,13+,15+,16-,17-,18-,19-,20-/m1/s1. The van der Waals surface area contributed by atoms with Gasteiger partial charge >= 0.3 is 0 Å². The van der Waals surface area contributed by atoms with Gasteiger partial charge in [0.05, 0.1) is 6.10 Å². The van der Waals surface area contributed by atoms with E-state index in [0.717, 1.165) is 43.4 Å². The molecule has 22 heavy (non-hydrogen) atoms. The highest BCUT2D eigenvalue weighted by atomic mass is 16.3. The predicted octanol–water partition coefficient (Wildman–Crippen LogP) is 3.74. The molecule has 5 aliphatic carbocycles. The van der Waals surface area contributed by atoms with Gasteiger partial charge in [-0.3, -0.25) is 4.79 Å². The summed E-state index contributed by atoms with van der Waals surface area (Å²) in [4.78, 5) is 11.8. The number of carbonyl (C=O) groups is 1. The Labute approximate surface area is 133 Å². The normalized spacial score (nSPS) is 59.0. The van der Waals surface area contributed by atoms with Crippen LogP contribution in [0.5, 0.6) is 0 Å². The zero-order chi connectivity index (χ0) is 15.3. The average molecular weight is 300 g/mol. The van der Waals surface area contributed by atoms with Crippen LogP contribution in [0, 0.1) is 40.4 Å². The Morgan fingerprint density at radius 1 is 1.32 bits per heavy atom. The summed E-state index contributed by atoms with van der Waals surface area (Å²) >= 11 is 0. The van der Waals surface area contributed by atoms with Crippen LogP contribution in [0.4, 0.5) is 0 Å². The summed E-state index contributed by atoms with van der Waals surface area (Å²) in [6, 6.07) is 0. The van der Waals surface area contributed by atoms with Crippen LogP contribution in [0.2, 0.25) is 0 Å². The van der Waals surface area contributed by atoms with Crippen molar-refractivity contribution >= 4 is 5.78 Å². The lowest BCUT2D eigenvalue weighted by atomic mass is 9.47. The highest BCUT2D eigenvalue weighted by Gasteiger charge is 2.77. The van der Waals surface area contributed by atoms with Crippen LogP contribution in [0.15, 0.2) is 11.6 Å². The molecule has 2 heteroatoms. The quantitative estimate of drug-likeness (QED) is 0.740. The summed E-state index contributed by atoms with van der Waals surface area (Å²) in [5.74, 6) is 4.09. The van der Waals surface area contributed by atoms with Crippen LogP contribution in [0.1, 0.15) is 58.8 Å². The Balaban J connectivity index is 1.57. The van der Waals surface area contributed by atoms with Crippen molar-refractivity contribution in [2.24, 2.45) is 40.4 Å². The van der Waals surface area contributed by atoms with Gasteiger partial charge < -0.3 is 5.11 Å². The first-order valence-electron chi connectivity index (χ1n) is 9.39. The molecule has 5 aliphatic rings. The zero-order valence-corrected chi connectivity index (χ0v) is 13.8. The molecular formula is C20H28O2. The topological polar surface area (TPSA) is 37.3 Å². The number of fused-ring (bicyclic) bond motifs is 3. The second-order valence-electron chi connectivity index (χ2n) is 9.35. The van der Waals surface area contributed by atoms with Crippen molar-refractivity contribution < 1.29 is 9.90 Å². The summed E-state index contributed by atoms with van der Waals surface area (Å²) in [6.07, 6.45) is 9.83. The van der Waals surface area contributed by atoms with Crippen molar-refractivity contribution in [3.63, 3.8) is 0 Å². The molecule has 0 aromatic rings. The smallest absolute Gasteiger partial charge is 0.155 e. The summed E-state index contributed by atoms with van der Waals surface area (Å²) in [5.41, 5.74) is 2.10. The van der Waals surface area contributed by atoms with Crippen molar-refractivity contribution in [2.75, 3.05) is 0 Å². The molecule has 1 spiro atoms. The summed E-state index contributed by atoms with van der Waals surface area (Å²) < 4.78 is 0. The lowest BCUT2D eigenvalue weighted by molar-refractivity contribution is -0.118. The summed E-state index contributed by atoms with van der Waals surface area (Å²) in [7, 11) is 0. The van der Waals surface area contributed by atoms with Gasteiger partial charge in [0.1, 0.15) is 0 Å². The van der Waals surface area contributed by atoms with Crippen LogP contribution < -0.4 is 0 Å². The van der Waals surface area contributed by atoms with E-state index in [1.165, 1.54) is 24.8 Å². The highest BCUT2D eigenvalue weighted by Crippen LogP contribution is 2.82. The number of carbonyl (C=O) groups excluding carboxylic acids is 1. The van der Waals surface area contributed by atoms with E-state index in [0.29, 0.717) is 23.0 Å². The first-order chi connectivity index (χ1) is 10.5. The predicted molar refractivity (Wildman–Crippen MR) is 85.1 cm³/mol. The number of rotatable bonds is 0. The van der Waals surface area contributed by atoms with Crippen LogP contribution in [0.25, 0.3) is 0 Å². The minimum atomic E-state index is -0.0655. The molecule has 4 saturated carbocycles. The Hall–Kier alpha value is -0.630. The molecule has 8 atom stereocenters. The first kappa shape index (κ1) is 13.8. The second-order valence-corrected chi connectivity index (χ2v) is 9.35. The number of ketones is 1. The lowest BCUT2D eigenvalue weighted by Crippen LogP contribution is -2.53. The maximum atomic E-state index is 11.8. The van der Waals surface area contributed by atoms with Gasteiger partial charge in [0.2, 0.25) is 0 Å². The van der Waals surface area contributed by atoms with Crippen LogP contribution >= 0.6 is 0 Å². The largest absolute Gasteiger partial charge is 0.393 e. The third kappa shape index (κ3) is 1.40. The second kappa shape index (κ2) is 4.06. The third-order valence-corrected chi connectivity index (χ3v) is 8.72. The minimum Gasteiger partial charge on any atom is -0.393 e. The maximum Gasteiger partial charge on any atom is 0.155 e. The molecule has 5 rings (SSSR count). The van der Waals surface area contributed by atoms with E-state index in [2.05, 4.69) is 13.8 Å². The van der Waals surface area contributed by atoms with Crippen molar-refractivity contribution in [1.82, 2.24) is 0 Å². The van der Waals surface area contributed by atoms with E-state index in [1.807, 2.05) is 6.08 Å². The summed E-state index contributed by atoms with van der Waals surface area (Å²) in [5, 5.41) is 10.7. The highest BCUT2D eigenvalue weighted by molar-refractivity contribution is 5.91. The van der Waals surface area contributed by atoms with Gasteiger partial charge in [-0.1, -0.05) is 19.4 Å². The monoisotopic (exact) mass is 300 g/mol. The molecule has 0 saturated heterocycles. The van der Waals surface area contributed by atoms with Crippen molar-refractivity contribution in [2.45, 2.75) is 64.9 Å². The molecule has 2 nitrogen and oxygen atoms in total. The molecule has 0 amide bonds. The van der Waals surface area contributed by atoms with Crippen LogP contribution in [-0.2, 0) is 4.79 Å². The number of hydrogen-bond acceptors (Lipinski definition) is 2. The Bertz CT molecular complexity index is 578. The van der Waals surface area contributed by atoms with Crippen LogP contribution in [0.3, 0.4) is 0 Å². The van der Waals surface area contributed by atoms with E-state index in [-0.39, 0.29) is 11.5 Å². The van der Waals surface area contributed by atoms with Gasteiger partial charge in [-0.05, 0) is 85.0 Å². The molecular weight excluding hydrogens is 272 g/mol. The number of aliphatic hydroxyl groups excluding tert-OH is 1. The Morgan fingerprint density at radius 3 is 2.95 bits per heavy atom. The fourth-order valence-corrected chi connectivity index (χ4v) is 7.85. The van der Waals surface area contributed by atoms with E-state index in [1.54, 1.807) is 0 Å². The molecule has 0 aromatic heterocycles. The van der Waals surface area contributed by atoms with Crippen LogP contribution in [-0.4, -0.2) is 17.0 Å². The molecule has 0 aliphatic heterocycles. The van der Waals surface area contributed by atoms with Crippen molar-refractivity contribution in [3.05, 3.63) is 11.6 Å². The van der Waals surface area contributed by atoms with Crippen molar-refractivity contribution in [1.29, 1.82) is 0 Å². The SMILES string of the molecule is C[C@@H]1CC2=CC(=O)CC[C@@H]2[C@H]2CC[C@]3(C)[C@H](O)C[C@H]4C[C@]43[C@@H]21. The molecule has 0 unspecified atom stereocenters. The lowest BCUT2D eigenvalue weighted by Gasteiger charge is -2.57. The van der Waals surface area contributed by atoms with Gasteiger partial charge in [-0.15, -0.1) is 0 Å².